The second kappa shape index (κ2) is 8.64. The van der Waals surface area contributed by atoms with E-state index in [-0.39, 0.29) is 9.79 Å². The van der Waals surface area contributed by atoms with Crippen molar-refractivity contribution in [3.8, 4) is 0 Å². The third kappa shape index (κ3) is 5.88. The Morgan fingerprint density at radius 3 is 2.00 bits per heavy atom. The summed E-state index contributed by atoms with van der Waals surface area (Å²) >= 11 is 0. The number of hydrogen-bond donors (Lipinski definition) is 2. The van der Waals surface area contributed by atoms with E-state index in [0.29, 0.717) is 18.7 Å². The Hall–Kier alpha value is -2.23. The van der Waals surface area contributed by atoms with Crippen LogP contribution in [0.25, 0.3) is 0 Å². The van der Waals surface area contributed by atoms with Crippen LogP contribution in [-0.2, 0) is 24.7 Å². The number of carbonyl (C=O) groups excluding carboxylic acids is 1. The highest BCUT2D eigenvalue weighted by molar-refractivity contribution is 7.92. The molecule has 0 fully saturated rings. The van der Waals surface area contributed by atoms with Gasteiger partial charge in [-0.05, 0) is 49.7 Å². The van der Waals surface area contributed by atoms with Gasteiger partial charge in [-0.2, -0.15) is 0 Å². The number of aryl methyl sites for hydroxylation is 1. The molecule has 2 aromatic rings. The molecule has 2 N–H and O–H groups in total. The van der Waals surface area contributed by atoms with Crippen LogP contribution in [0.4, 0.5) is 5.69 Å². The first-order valence-electron chi connectivity index (χ1n) is 8.33. The number of hydrogen-bond acceptors (Lipinski definition) is 5. The van der Waals surface area contributed by atoms with Crippen molar-refractivity contribution in [1.82, 2.24) is 4.72 Å². The normalized spacial score (nSPS) is 11.9. The van der Waals surface area contributed by atoms with Crippen LogP contribution in [0.2, 0.25) is 0 Å². The number of anilines is 1. The lowest BCUT2D eigenvalue weighted by atomic mass is 10.2. The zero-order chi connectivity index (χ0) is 20.1. The van der Waals surface area contributed by atoms with Crippen LogP contribution >= 0.6 is 0 Å². The SMILES string of the molecule is CCCNS(=O)(=O)c1ccc(NC(=O)CS(=O)(=O)c2ccc(C)cc2)cc1. The summed E-state index contributed by atoms with van der Waals surface area (Å²) in [5.74, 6) is -1.40. The molecule has 0 aliphatic rings. The number of sulfone groups is 1. The van der Waals surface area contributed by atoms with Gasteiger partial charge in [-0.1, -0.05) is 24.6 Å². The second-order valence-corrected chi connectivity index (χ2v) is 9.80. The van der Waals surface area contributed by atoms with Crippen molar-refractivity contribution in [3.05, 3.63) is 54.1 Å². The van der Waals surface area contributed by atoms with Crippen LogP contribution in [0.5, 0.6) is 0 Å². The molecule has 0 atom stereocenters. The van der Waals surface area contributed by atoms with Crippen molar-refractivity contribution in [3.63, 3.8) is 0 Å². The van der Waals surface area contributed by atoms with Gasteiger partial charge in [0.25, 0.3) is 0 Å². The summed E-state index contributed by atoms with van der Waals surface area (Å²) in [5.41, 5.74) is 1.23. The summed E-state index contributed by atoms with van der Waals surface area (Å²) in [6, 6.07) is 11.8. The Labute approximate surface area is 159 Å². The summed E-state index contributed by atoms with van der Waals surface area (Å²) in [6.45, 7) is 4.02. The van der Waals surface area contributed by atoms with Gasteiger partial charge in [0.05, 0.1) is 9.79 Å². The van der Waals surface area contributed by atoms with E-state index in [9.17, 15) is 21.6 Å². The molecule has 0 spiro atoms. The van der Waals surface area contributed by atoms with Crippen molar-refractivity contribution in [2.45, 2.75) is 30.1 Å². The highest BCUT2D eigenvalue weighted by Crippen LogP contribution is 2.16. The van der Waals surface area contributed by atoms with Crippen LogP contribution in [0.3, 0.4) is 0 Å². The zero-order valence-corrected chi connectivity index (χ0v) is 16.7. The van der Waals surface area contributed by atoms with Gasteiger partial charge in [-0.25, -0.2) is 21.6 Å². The Balaban J connectivity index is 2.04. The fourth-order valence-electron chi connectivity index (χ4n) is 2.24. The van der Waals surface area contributed by atoms with Gasteiger partial charge in [0.15, 0.2) is 9.84 Å². The van der Waals surface area contributed by atoms with E-state index >= 15 is 0 Å². The van der Waals surface area contributed by atoms with E-state index in [0.717, 1.165) is 5.56 Å². The minimum Gasteiger partial charge on any atom is -0.325 e. The Morgan fingerprint density at radius 1 is 0.889 bits per heavy atom. The predicted molar refractivity (Wildman–Crippen MR) is 104 cm³/mol. The Bertz CT molecular complexity index is 997. The first kappa shape index (κ1) is 21.1. The lowest BCUT2D eigenvalue weighted by molar-refractivity contribution is -0.113. The van der Waals surface area contributed by atoms with Gasteiger partial charge in [0.2, 0.25) is 15.9 Å². The second-order valence-electron chi connectivity index (χ2n) is 6.04. The maximum atomic E-state index is 12.3. The van der Waals surface area contributed by atoms with Crippen molar-refractivity contribution in [2.24, 2.45) is 0 Å². The van der Waals surface area contributed by atoms with E-state index in [2.05, 4.69) is 10.0 Å². The molecule has 7 nitrogen and oxygen atoms in total. The first-order chi connectivity index (χ1) is 12.6. The van der Waals surface area contributed by atoms with Gasteiger partial charge in [0, 0.05) is 12.2 Å². The van der Waals surface area contributed by atoms with E-state index in [4.69, 9.17) is 0 Å². The summed E-state index contributed by atoms with van der Waals surface area (Å²) in [6.07, 6.45) is 0.669. The number of rotatable bonds is 8. The number of amides is 1. The maximum absolute atomic E-state index is 12.3. The summed E-state index contributed by atoms with van der Waals surface area (Å²) < 4.78 is 51.0. The molecule has 0 aliphatic carbocycles. The molecule has 0 aliphatic heterocycles. The topological polar surface area (TPSA) is 109 Å². The monoisotopic (exact) mass is 410 g/mol. The third-order valence-corrected chi connectivity index (χ3v) is 6.80. The fourth-order valence-corrected chi connectivity index (χ4v) is 4.50. The van der Waals surface area contributed by atoms with Crippen LogP contribution < -0.4 is 10.0 Å². The molecular formula is C18H22N2O5S2. The third-order valence-electron chi connectivity index (χ3n) is 3.69. The van der Waals surface area contributed by atoms with Crippen molar-refractivity contribution >= 4 is 31.5 Å². The summed E-state index contributed by atoms with van der Waals surface area (Å²) in [5, 5.41) is 2.47. The molecule has 27 heavy (non-hydrogen) atoms. The molecule has 146 valence electrons. The molecule has 0 heterocycles. The molecule has 0 aromatic heterocycles. The quantitative estimate of drug-likeness (QED) is 0.693. The number of benzene rings is 2. The van der Waals surface area contributed by atoms with E-state index in [1.807, 2.05) is 13.8 Å². The van der Waals surface area contributed by atoms with Crippen LogP contribution in [-0.4, -0.2) is 35.0 Å². The number of sulfonamides is 1. The highest BCUT2D eigenvalue weighted by Gasteiger charge is 2.19. The van der Waals surface area contributed by atoms with Gasteiger partial charge in [-0.15, -0.1) is 0 Å². The lowest BCUT2D eigenvalue weighted by Crippen LogP contribution is -2.24. The molecule has 9 heteroatoms. The van der Waals surface area contributed by atoms with Crippen LogP contribution in [0, 0.1) is 6.92 Å². The van der Waals surface area contributed by atoms with Gasteiger partial charge < -0.3 is 5.32 Å². The van der Waals surface area contributed by atoms with E-state index in [1.54, 1.807) is 12.1 Å². The summed E-state index contributed by atoms with van der Waals surface area (Å²) in [4.78, 5) is 12.2. The minimum atomic E-state index is -3.76. The number of carbonyl (C=O) groups is 1. The van der Waals surface area contributed by atoms with E-state index < -0.39 is 31.5 Å². The molecule has 2 aromatic carbocycles. The van der Waals surface area contributed by atoms with E-state index in [1.165, 1.54) is 36.4 Å². The molecule has 0 bridgehead atoms. The predicted octanol–water partition coefficient (Wildman–Crippen LogP) is 2.10. The molecule has 0 radical (unpaired) electrons. The molecule has 1 amide bonds. The zero-order valence-electron chi connectivity index (χ0n) is 15.1. The van der Waals surface area contributed by atoms with Gasteiger partial charge in [-0.3, -0.25) is 4.79 Å². The minimum absolute atomic E-state index is 0.0706. The fraction of sp³-hybridized carbons (Fsp3) is 0.278. The van der Waals surface area contributed by atoms with Crippen molar-refractivity contribution in [2.75, 3.05) is 17.6 Å². The smallest absolute Gasteiger partial charge is 0.240 e. The van der Waals surface area contributed by atoms with Gasteiger partial charge in [0.1, 0.15) is 5.75 Å². The highest BCUT2D eigenvalue weighted by atomic mass is 32.2. The summed E-state index contributed by atoms with van der Waals surface area (Å²) in [7, 11) is -7.35. The maximum Gasteiger partial charge on any atom is 0.240 e. The molecule has 0 saturated carbocycles. The van der Waals surface area contributed by atoms with Crippen LogP contribution in [0.1, 0.15) is 18.9 Å². The van der Waals surface area contributed by atoms with Crippen LogP contribution in [0.15, 0.2) is 58.3 Å². The average Bonchev–Trinajstić information content (AvgIpc) is 2.60. The largest absolute Gasteiger partial charge is 0.325 e. The molecule has 0 saturated heterocycles. The Kier molecular flexibility index (Phi) is 6.74. The van der Waals surface area contributed by atoms with Gasteiger partial charge >= 0.3 is 0 Å². The standard InChI is InChI=1S/C18H22N2O5S2/c1-3-12-19-27(24,25)17-10-6-15(7-11-17)20-18(21)13-26(22,23)16-8-4-14(2)5-9-16/h4-11,19H,3,12-13H2,1-2H3,(H,20,21). The lowest BCUT2D eigenvalue weighted by Gasteiger charge is -2.09. The number of nitrogens with one attached hydrogen (secondary N) is 2. The van der Waals surface area contributed by atoms with Crippen molar-refractivity contribution < 1.29 is 21.6 Å². The molecule has 0 unspecified atom stereocenters. The molecule has 2 rings (SSSR count). The molecular weight excluding hydrogens is 388 g/mol. The first-order valence-corrected chi connectivity index (χ1v) is 11.5. The Morgan fingerprint density at radius 2 is 1.44 bits per heavy atom. The van der Waals surface area contributed by atoms with Crippen molar-refractivity contribution in [1.29, 1.82) is 0 Å². The average molecular weight is 411 g/mol.